The molecule has 8 nitrogen and oxygen atoms in total. The van der Waals surface area contributed by atoms with E-state index in [1.165, 1.54) is 7.11 Å². The number of benzene rings is 1. The molecule has 1 saturated carbocycles. The Morgan fingerprint density at radius 3 is 2.61 bits per heavy atom. The van der Waals surface area contributed by atoms with E-state index in [-0.39, 0.29) is 35.7 Å². The Labute approximate surface area is 190 Å². The Morgan fingerprint density at radius 1 is 1.30 bits per heavy atom. The number of carbonyl (C=O) groups is 1. The molecule has 0 amide bonds. The second-order valence-electron chi connectivity index (χ2n) is 7.78. The fourth-order valence-corrected chi connectivity index (χ4v) is 4.29. The zero-order valence-corrected chi connectivity index (χ0v) is 18.3. The first kappa shape index (κ1) is 23.3. The fourth-order valence-electron chi connectivity index (χ4n) is 4.07. The van der Waals surface area contributed by atoms with E-state index in [1.807, 2.05) is 0 Å². The first-order valence-corrected chi connectivity index (χ1v) is 10.2. The maximum Gasteiger partial charge on any atom is 0.433 e. The molecule has 1 fully saturated rings. The molecule has 0 aliphatic heterocycles. The third-order valence-electron chi connectivity index (χ3n) is 5.51. The summed E-state index contributed by atoms with van der Waals surface area (Å²) in [6, 6.07) is 5.66. The lowest BCUT2D eigenvalue weighted by molar-refractivity contribution is -0.153. The van der Waals surface area contributed by atoms with Crippen LogP contribution in [0.15, 0.2) is 35.0 Å². The molecule has 2 aromatic heterocycles. The molecule has 0 radical (unpaired) electrons. The summed E-state index contributed by atoms with van der Waals surface area (Å²) in [5.74, 6) is -1.39. The monoisotopic (exact) mass is 485 g/mol. The number of carbonyl (C=O) groups excluding carboxylic acids is 1. The van der Waals surface area contributed by atoms with E-state index in [0.29, 0.717) is 5.56 Å². The number of alkyl halides is 3. The third kappa shape index (κ3) is 4.11. The van der Waals surface area contributed by atoms with Gasteiger partial charge in [0.1, 0.15) is 11.3 Å². The Kier molecular flexibility index (Phi) is 5.97. The van der Waals surface area contributed by atoms with Crippen molar-refractivity contribution in [2.24, 2.45) is 0 Å². The molecule has 2 heterocycles. The number of methoxy groups -OCH3 is 2. The summed E-state index contributed by atoms with van der Waals surface area (Å²) in [7, 11) is 2.49. The minimum atomic E-state index is -4.84. The number of ether oxygens (including phenoxy) is 2. The van der Waals surface area contributed by atoms with Crippen molar-refractivity contribution in [3.8, 4) is 22.6 Å². The van der Waals surface area contributed by atoms with Gasteiger partial charge in [0.15, 0.2) is 11.5 Å². The van der Waals surface area contributed by atoms with Gasteiger partial charge in [-0.2, -0.15) is 18.3 Å². The second kappa shape index (κ2) is 8.47. The maximum absolute atomic E-state index is 14.2. The molecular formula is C21H19ClF3N3O5. The third-order valence-corrected chi connectivity index (χ3v) is 5.84. The van der Waals surface area contributed by atoms with Gasteiger partial charge < -0.3 is 19.1 Å². The molecular weight excluding hydrogens is 467 g/mol. The van der Waals surface area contributed by atoms with Crippen molar-refractivity contribution in [3.63, 3.8) is 0 Å². The average Bonchev–Trinajstić information content (AvgIpc) is 3.36. The van der Waals surface area contributed by atoms with Gasteiger partial charge in [0.2, 0.25) is 0 Å². The highest BCUT2D eigenvalue weighted by Gasteiger charge is 2.49. The quantitative estimate of drug-likeness (QED) is 0.517. The van der Waals surface area contributed by atoms with Crippen molar-refractivity contribution in [1.82, 2.24) is 14.9 Å². The Balaban J connectivity index is 1.84. The van der Waals surface area contributed by atoms with Crippen LogP contribution in [0, 0.1) is 0 Å². The molecule has 0 spiro atoms. The number of rotatable bonds is 6. The van der Waals surface area contributed by atoms with Gasteiger partial charge in [-0.15, -0.1) is 0 Å². The molecule has 33 heavy (non-hydrogen) atoms. The van der Waals surface area contributed by atoms with Crippen LogP contribution in [0.3, 0.4) is 0 Å². The van der Waals surface area contributed by atoms with Gasteiger partial charge in [0, 0.05) is 25.5 Å². The maximum atomic E-state index is 14.2. The van der Waals surface area contributed by atoms with E-state index in [4.69, 9.17) is 25.6 Å². The summed E-state index contributed by atoms with van der Waals surface area (Å²) >= 11 is 6.20. The van der Waals surface area contributed by atoms with Gasteiger partial charge in [-0.1, -0.05) is 35.0 Å². The second-order valence-corrected chi connectivity index (χ2v) is 8.18. The molecule has 176 valence electrons. The molecule has 4 rings (SSSR count). The number of aliphatic hydroxyl groups is 1. The summed E-state index contributed by atoms with van der Waals surface area (Å²) in [4.78, 5) is 12.6. The zero-order valence-electron chi connectivity index (χ0n) is 17.5. The highest BCUT2D eigenvalue weighted by Crippen LogP contribution is 2.47. The van der Waals surface area contributed by atoms with Gasteiger partial charge in [-0.25, -0.2) is 4.79 Å². The largest absolute Gasteiger partial charge is 0.465 e. The van der Waals surface area contributed by atoms with E-state index in [1.54, 1.807) is 24.3 Å². The summed E-state index contributed by atoms with van der Waals surface area (Å²) in [5.41, 5.74) is -2.90. The molecule has 1 aliphatic rings. The molecule has 0 saturated heterocycles. The number of esters is 1. The van der Waals surface area contributed by atoms with Crippen LogP contribution in [-0.2, 0) is 15.7 Å². The van der Waals surface area contributed by atoms with Crippen molar-refractivity contribution >= 4 is 17.6 Å². The topological polar surface area (TPSA) is 99.6 Å². The minimum absolute atomic E-state index is 0.00519. The molecule has 1 N–H and O–H groups in total. The van der Waals surface area contributed by atoms with E-state index >= 15 is 0 Å². The molecule has 0 bridgehead atoms. The fraction of sp³-hybridized carbons (Fsp3) is 0.381. The molecule has 0 atom stereocenters. The van der Waals surface area contributed by atoms with Crippen molar-refractivity contribution < 1.29 is 37.1 Å². The van der Waals surface area contributed by atoms with E-state index in [2.05, 4.69) is 10.3 Å². The molecule has 0 unspecified atom stereocenters. The molecule has 1 aliphatic carbocycles. The van der Waals surface area contributed by atoms with Crippen LogP contribution in [0.2, 0.25) is 5.02 Å². The SMILES string of the molecule is COCC1(O)CC(n2ncc(-c3onc(-c4ccccc4Cl)c3C(=O)OC)c2C(F)(F)F)C1. The molecule has 12 heteroatoms. The predicted molar refractivity (Wildman–Crippen MR) is 110 cm³/mol. The number of hydrogen-bond donors (Lipinski definition) is 1. The van der Waals surface area contributed by atoms with E-state index < -0.39 is 40.8 Å². The van der Waals surface area contributed by atoms with Crippen LogP contribution in [0.4, 0.5) is 13.2 Å². The van der Waals surface area contributed by atoms with Crippen molar-refractivity contribution in [1.29, 1.82) is 0 Å². The van der Waals surface area contributed by atoms with Crippen LogP contribution in [-0.4, -0.2) is 52.4 Å². The van der Waals surface area contributed by atoms with Crippen molar-refractivity contribution in [2.45, 2.75) is 30.7 Å². The van der Waals surface area contributed by atoms with Crippen LogP contribution in [0.5, 0.6) is 0 Å². The normalized spacial score (nSPS) is 20.5. The Morgan fingerprint density at radius 2 is 2.00 bits per heavy atom. The van der Waals surface area contributed by atoms with Gasteiger partial charge in [0.05, 0.1) is 42.1 Å². The average molecular weight is 486 g/mol. The summed E-state index contributed by atoms with van der Waals surface area (Å²) < 4.78 is 58.2. The lowest BCUT2D eigenvalue weighted by Gasteiger charge is -2.43. The minimum Gasteiger partial charge on any atom is -0.465 e. The van der Waals surface area contributed by atoms with Crippen molar-refractivity contribution in [2.75, 3.05) is 20.8 Å². The number of halogens is 4. The molecule has 3 aromatic rings. The standard InChI is InChI=1S/C21H19ClF3N3O5/c1-31-10-20(30)7-11(8-20)28-18(21(23,24)25)13(9-26-28)17-15(19(29)32-2)16(27-33-17)12-5-3-4-6-14(12)22/h3-6,9,11,30H,7-8,10H2,1-2H3. The Bertz CT molecular complexity index is 1180. The highest BCUT2D eigenvalue weighted by molar-refractivity contribution is 6.33. The van der Waals surface area contributed by atoms with Crippen molar-refractivity contribution in [3.05, 3.63) is 46.7 Å². The number of nitrogens with zero attached hydrogens (tertiary/aromatic N) is 3. The van der Waals surface area contributed by atoms with E-state index in [9.17, 15) is 23.1 Å². The Hall–Kier alpha value is -2.89. The summed E-state index contributed by atoms with van der Waals surface area (Å²) in [5, 5.41) is 18.3. The van der Waals surface area contributed by atoms with Crippen LogP contribution >= 0.6 is 11.6 Å². The van der Waals surface area contributed by atoms with Crippen LogP contribution in [0.25, 0.3) is 22.6 Å². The summed E-state index contributed by atoms with van der Waals surface area (Å²) in [6.45, 7) is -0.00519. The highest BCUT2D eigenvalue weighted by atomic mass is 35.5. The van der Waals surface area contributed by atoms with Gasteiger partial charge in [-0.05, 0) is 6.07 Å². The lowest BCUT2D eigenvalue weighted by atomic mass is 9.76. The smallest absolute Gasteiger partial charge is 0.433 e. The molecule has 1 aromatic carbocycles. The van der Waals surface area contributed by atoms with Crippen LogP contribution in [0.1, 0.15) is 34.9 Å². The van der Waals surface area contributed by atoms with Crippen LogP contribution < -0.4 is 0 Å². The summed E-state index contributed by atoms with van der Waals surface area (Å²) in [6.07, 6.45) is -3.84. The van der Waals surface area contributed by atoms with Gasteiger partial charge >= 0.3 is 12.1 Å². The van der Waals surface area contributed by atoms with Gasteiger partial charge in [0.25, 0.3) is 0 Å². The number of aromatic nitrogens is 3. The van der Waals surface area contributed by atoms with Gasteiger partial charge in [-0.3, -0.25) is 4.68 Å². The van der Waals surface area contributed by atoms with E-state index in [0.717, 1.165) is 18.0 Å². The first-order valence-electron chi connectivity index (χ1n) is 9.79. The number of hydrogen-bond acceptors (Lipinski definition) is 7. The predicted octanol–water partition coefficient (Wildman–Crippen LogP) is 4.38. The lowest BCUT2D eigenvalue weighted by Crippen LogP contribution is -2.49. The zero-order chi connectivity index (χ0) is 24.0. The first-order chi connectivity index (χ1) is 15.6.